The van der Waals surface area contributed by atoms with Crippen LogP contribution in [0.15, 0.2) is 0 Å². The summed E-state index contributed by atoms with van der Waals surface area (Å²) in [4.78, 5) is 0. The number of ether oxygens (including phenoxy) is 1. The fraction of sp³-hybridized carbons (Fsp3) is 0.643. The Bertz CT molecular complexity index is 628. The van der Waals surface area contributed by atoms with Gasteiger partial charge in [-0.05, 0) is 32.8 Å². The lowest BCUT2D eigenvalue weighted by molar-refractivity contribution is 0.0522. The molecule has 0 aromatic carbocycles. The number of fused-ring (bicyclic) bond motifs is 1. The average molecular weight is 275 g/mol. The van der Waals surface area contributed by atoms with E-state index in [1.807, 2.05) is 11.6 Å². The summed E-state index contributed by atoms with van der Waals surface area (Å²) in [6.07, 6.45) is 1.02. The molecule has 0 saturated heterocycles. The molecule has 0 aliphatic carbocycles. The van der Waals surface area contributed by atoms with E-state index < -0.39 is 0 Å². The molecule has 20 heavy (non-hydrogen) atoms. The monoisotopic (exact) mass is 275 g/mol. The molecule has 108 valence electrons. The third-order valence-corrected chi connectivity index (χ3v) is 4.25. The lowest BCUT2D eigenvalue weighted by Crippen LogP contribution is -2.25. The van der Waals surface area contributed by atoms with Crippen molar-refractivity contribution < 1.29 is 4.74 Å². The van der Waals surface area contributed by atoms with Crippen molar-refractivity contribution in [2.75, 3.05) is 6.61 Å². The zero-order valence-electron chi connectivity index (χ0n) is 12.6. The van der Waals surface area contributed by atoms with Crippen LogP contribution in [-0.4, -0.2) is 31.2 Å². The van der Waals surface area contributed by atoms with E-state index in [9.17, 15) is 0 Å². The molecular formula is C14H21N5O. The first-order valence-electron chi connectivity index (χ1n) is 7.12. The van der Waals surface area contributed by atoms with Crippen LogP contribution in [0.3, 0.4) is 0 Å². The highest BCUT2D eigenvalue weighted by Crippen LogP contribution is 2.23. The number of rotatable bonds is 3. The Labute approximate surface area is 118 Å². The van der Waals surface area contributed by atoms with Gasteiger partial charge in [-0.3, -0.25) is 4.68 Å². The molecule has 3 rings (SSSR count). The Morgan fingerprint density at radius 3 is 2.70 bits per heavy atom. The minimum Gasteiger partial charge on any atom is -0.371 e. The minimum atomic E-state index is 0.335. The fourth-order valence-electron chi connectivity index (χ4n) is 2.72. The SMILES string of the molecule is CCC1COCc2nnc(Cn3nc(C)c(C)c3C)n21. The molecule has 1 unspecified atom stereocenters. The molecule has 2 aromatic rings. The zero-order valence-corrected chi connectivity index (χ0v) is 12.6. The number of aryl methyl sites for hydroxylation is 1. The molecule has 1 atom stereocenters. The Balaban J connectivity index is 1.95. The van der Waals surface area contributed by atoms with Crippen molar-refractivity contribution in [1.29, 1.82) is 0 Å². The van der Waals surface area contributed by atoms with Gasteiger partial charge >= 0.3 is 0 Å². The van der Waals surface area contributed by atoms with Crippen molar-refractivity contribution in [3.8, 4) is 0 Å². The lowest BCUT2D eigenvalue weighted by Gasteiger charge is -2.25. The Morgan fingerprint density at radius 1 is 1.25 bits per heavy atom. The van der Waals surface area contributed by atoms with E-state index in [1.54, 1.807) is 0 Å². The summed E-state index contributed by atoms with van der Waals surface area (Å²) < 4.78 is 9.81. The van der Waals surface area contributed by atoms with Crippen LogP contribution in [0.5, 0.6) is 0 Å². The van der Waals surface area contributed by atoms with Gasteiger partial charge < -0.3 is 9.30 Å². The van der Waals surface area contributed by atoms with Gasteiger partial charge in [0.05, 0.1) is 18.3 Å². The van der Waals surface area contributed by atoms with Gasteiger partial charge in [0, 0.05) is 5.69 Å². The molecule has 1 aliphatic heterocycles. The zero-order chi connectivity index (χ0) is 14.3. The Hall–Kier alpha value is -1.69. The van der Waals surface area contributed by atoms with Crippen molar-refractivity contribution in [1.82, 2.24) is 24.5 Å². The normalized spacial score (nSPS) is 18.3. The molecule has 0 bridgehead atoms. The molecule has 3 heterocycles. The predicted molar refractivity (Wildman–Crippen MR) is 74.5 cm³/mol. The van der Waals surface area contributed by atoms with E-state index >= 15 is 0 Å². The summed E-state index contributed by atoms with van der Waals surface area (Å²) in [5.41, 5.74) is 3.52. The average Bonchev–Trinajstić information content (AvgIpc) is 2.97. The maximum Gasteiger partial charge on any atom is 0.159 e. The van der Waals surface area contributed by atoms with Crippen LogP contribution in [0.1, 0.15) is 48.0 Å². The summed E-state index contributed by atoms with van der Waals surface area (Å²) in [7, 11) is 0. The van der Waals surface area contributed by atoms with E-state index in [-0.39, 0.29) is 0 Å². The van der Waals surface area contributed by atoms with Gasteiger partial charge in [0.2, 0.25) is 0 Å². The Kier molecular flexibility index (Phi) is 3.33. The first kappa shape index (κ1) is 13.3. The topological polar surface area (TPSA) is 57.8 Å². The molecule has 6 heteroatoms. The minimum absolute atomic E-state index is 0.335. The van der Waals surface area contributed by atoms with Crippen LogP contribution in [0.2, 0.25) is 0 Å². The maximum atomic E-state index is 5.56. The van der Waals surface area contributed by atoms with Gasteiger partial charge in [-0.1, -0.05) is 6.92 Å². The quantitative estimate of drug-likeness (QED) is 0.859. The highest BCUT2D eigenvalue weighted by molar-refractivity contribution is 5.22. The molecule has 0 N–H and O–H groups in total. The fourth-order valence-corrected chi connectivity index (χ4v) is 2.72. The van der Waals surface area contributed by atoms with Crippen LogP contribution >= 0.6 is 0 Å². The van der Waals surface area contributed by atoms with Gasteiger partial charge in [0.1, 0.15) is 13.2 Å². The van der Waals surface area contributed by atoms with Crippen molar-refractivity contribution >= 4 is 0 Å². The number of hydrogen-bond donors (Lipinski definition) is 0. The lowest BCUT2D eigenvalue weighted by atomic mass is 10.2. The summed E-state index contributed by atoms with van der Waals surface area (Å²) in [6.45, 7) is 10.4. The highest BCUT2D eigenvalue weighted by Gasteiger charge is 2.24. The highest BCUT2D eigenvalue weighted by atomic mass is 16.5. The van der Waals surface area contributed by atoms with Gasteiger partial charge in [-0.25, -0.2) is 0 Å². The molecule has 0 amide bonds. The first-order chi connectivity index (χ1) is 9.61. The van der Waals surface area contributed by atoms with Crippen molar-refractivity contribution in [2.24, 2.45) is 0 Å². The van der Waals surface area contributed by atoms with Gasteiger partial charge in [-0.2, -0.15) is 5.10 Å². The second-order valence-electron chi connectivity index (χ2n) is 5.43. The second kappa shape index (κ2) is 5.01. The molecule has 2 aromatic heterocycles. The molecule has 6 nitrogen and oxygen atoms in total. The van der Waals surface area contributed by atoms with E-state index in [2.05, 4.69) is 40.6 Å². The summed E-state index contributed by atoms with van der Waals surface area (Å²) >= 11 is 0. The summed E-state index contributed by atoms with van der Waals surface area (Å²) in [5, 5.41) is 13.2. The van der Waals surface area contributed by atoms with Gasteiger partial charge in [0.25, 0.3) is 0 Å². The van der Waals surface area contributed by atoms with Crippen molar-refractivity contribution in [3.63, 3.8) is 0 Å². The smallest absolute Gasteiger partial charge is 0.159 e. The van der Waals surface area contributed by atoms with Crippen LogP contribution < -0.4 is 0 Å². The third-order valence-electron chi connectivity index (χ3n) is 4.25. The number of aromatic nitrogens is 5. The second-order valence-corrected chi connectivity index (χ2v) is 5.43. The van der Waals surface area contributed by atoms with Crippen LogP contribution in [0.25, 0.3) is 0 Å². The Morgan fingerprint density at radius 2 is 2.05 bits per heavy atom. The van der Waals surface area contributed by atoms with E-state index in [1.165, 1.54) is 11.3 Å². The van der Waals surface area contributed by atoms with E-state index in [0.717, 1.165) is 30.4 Å². The van der Waals surface area contributed by atoms with E-state index in [4.69, 9.17) is 4.74 Å². The first-order valence-corrected chi connectivity index (χ1v) is 7.12. The third kappa shape index (κ3) is 2.04. The molecule has 0 fully saturated rings. The van der Waals surface area contributed by atoms with Crippen LogP contribution in [0.4, 0.5) is 0 Å². The van der Waals surface area contributed by atoms with Crippen molar-refractivity contribution in [3.05, 3.63) is 28.6 Å². The van der Waals surface area contributed by atoms with Gasteiger partial charge in [-0.15, -0.1) is 10.2 Å². The maximum absolute atomic E-state index is 5.56. The molecule has 0 radical (unpaired) electrons. The predicted octanol–water partition coefficient (Wildman–Crippen LogP) is 1.93. The van der Waals surface area contributed by atoms with Crippen molar-refractivity contribution in [2.45, 2.75) is 53.3 Å². The standard InChI is InChI=1S/C14H21N5O/c1-5-12-7-20-8-14-16-15-13(19(12)14)6-18-11(4)9(2)10(3)17-18/h12H,5-8H2,1-4H3. The number of nitrogens with zero attached hydrogens (tertiary/aromatic N) is 5. The molecule has 1 aliphatic rings. The van der Waals surface area contributed by atoms with Gasteiger partial charge in [0.15, 0.2) is 11.6 Å². The molecular weight excluding hydrogens is 254 g/mol. The largest absolute Gasteiger partial charge is 0.371 e. The van der Waals surface area contributed by atoms with Crippen LogP contribution in [0, 0.1) is 20.8 Å². The summed E-state index contributed by atoms with van der Waals surface area (Å²) in [6, 6.07) is 0.335. The number of hydrogen-bond acceptors (Lipinski definition) is 4. The van der Waals surface area contributed by atoms with Crippen LogP contribution in [-0.2, 0) is 17.9 Å². The van der Waals surface area contributed by atoms with E-state index in [0.29, 0.717) is 19.2 Å². The summed E-state index contributed by atoms with van der Waals surface area (Å²) in [5.74, 6) is 1.90. The molecule has 0 spiro atoms. The molecule has 0 saturated carbocycles.